The highest BCUT2D eigenvalue weighted by Crippen LogP contribution is 2.60. The zero-order valence-electron chi connectivity index (χ0n) is 19.0. The van der Waals surface area contributed by atoms with E-state index in [1.165, 1.54) is 6.42 Å². The normalized spacial score (nSPS) is 46.7. The Kier molecular flexibility index (Phi) is 5.69. The fourth-order valence-electron chi connectivity index (χ4n) is 6.03. The lowest BCUT2D eigenvalue weighted by molar-refractivity contribution is -0.571. The summed E-state index contributed by atoms with van der Waals surface area (Å²) >= 11 is 0. The van der Waals surface area contributed by atoms with Gasteiger partial charge in [0.15, 0.2) is 11.9 Å². The first-order valence-corrected chi connectivity index (χ1v) is 15.2. The van der Waals surface area contributed by atoms with Gasteiger partial charge in [-0.15, -0.1) is 0 Å². The van der Waals surface area contributed by atoms with E-state index in [-0.39, 0.29) is 12.0 Å². The third-order valence-electron chi connectivity index (χ3n) is 7.77. The number of fused-ring (bicyclic) bond motifs is 2. The molecular formula is C22H39NO5Si. The van der Waals surface area contributed by atoms with Gasteiger partial charge in [-0.3, -0.25) is 4.79 Å². The van der Waals surface area contributed by atoms with Gasteiger partial charge in [-0.1, -0.05) is 33.5 Å². The second-order valence-corrected chi connectivity index (χ2v) is 16.8. The third kappa shape index (κ3) is 3.93. The van der Waals surface area contributed by atoms with E-state index in [4.69, 9.17) is 19.2 Å². The van der Waals surface area contributed by atoms with Crippen molar-refractivity contribution in [2.45, 2.75) is 103 Å². The molecule has 5 rings (SSSR count). The number of carbonyl (C=O) groups excluding carboxylic acids is 1. The molecule has 2 bridgehead atoms. The molecule has 8 atom stereocenters. The van der Waals surface area contributed by atoms with Crippen LogP contribution in [0.5, 0.6) is 0 Å². The molecule has 6 nitrogen and oxygen atoms in total. The molecule has 1 saturated carbocycles. The van der Waals surface area contributed by atoms with Crippen LogP contribution < -0.4 is 5.32 Å². The molecule has 0 aromatic carbocycles. The van der Waals surface area contributed by atoms with E-state index in [2.05, 4.69) is 38.8 Å². The van der Waals surface area contributed by atoms with Gasteiger partial charge in [-0.2, -0.15) is 0 Å². The summed E-state index contributed by atoms with van der Waals surface area (Å²) < 4.78 is 12.9. The maximum atomic E-state index is 12.4. The molecule has 5 fully saturated rings. The summed E-state index contributed by atoms with van der Waals surface area (Å²) in [5, 5.41) is 3.12. The van der Waals surface area contributed by atoms with Crippen molar-refractivity contribution in [2.75, 3.05) is 6.17 Å². The summed E-state index contributed by atoms with van der Waals surface area (Å²) in [5.74, 6) is 0.992. The van der Waals surface area contributed by atoms with Gasteiger partial charge in [0.05, 0.1) is 14.2 Å². The lowest BCUT2D eigenvalue weighted by Crippen LogP contribution is -2.70. The number of nitrogens with one attached hydrogen (secondary N) is 1. The molecular weight excluding hydrogens is 386 g/mol. The number of hydrogen-bond acceptors (Lipinski definition) is 5. The molecule has 4 saturated heterocycles. The molecule has 4 heterocycles. The Morgan fingerprint density at radius 2 is 1.86 bits per heavy atom. The highest BCUT2D eigenvalue weighted by Gasteiger charge is 2.69. The van der Waals surface area contributed by atoms with E-state index in [0.717, 1.165) is 31.9 Å². The number of hydrogen-bond donors (Lipinski definition) is 1. The van der Waals surface area contributed by atoms with E-state index in [1.807, 2.05) is 6.92 Å². The van der Waals surface area contributed by atoms with Crippen LogP contribution >= 0.6 is 0 Å². The monoisotopic (exact) mass is 425 g/mol. The second-order valence-electron chi connectivity index (χ2n) is 11.3. The first-order valence-electron chi connectivity index (χ1n) is 11.5. The van der Waals surface area contributed by atoms with Crippen LogP contribution in [0.25, 0.3) is 0 Å². The van der Waals surface area contributed by atoms with Gasteiger partial charge in [0.1, 0.15) is 0 Å². The second kappa shape index (κ2) is 7.59. The van der Waals surface area contributed by atoms with Crippen LogP contribution in [0.3, 0.4) is 0 Å². The molecule has 7 heteroatoms. The van der Waals surface area contributed by atoms with Crippen molar-refractivity contribution in [1.29, 1.82) is 0 Å². The summed E-state index contributed by atoms with van der Waals surface area (Å²) in [6, 6.07) is 0. The average Bonchev–Trinajstić information content (AvgIpc) is 2.87. The van der Waals surface area contributed by atoms with Crippen LogP contribution in [0.2, 0.25) is 19.6 Å². The Bertz CT molecular complexity index is 639. The van der Waals surface area contributed by atoms with Crippen LogP contribution in [-0.4, -0.2) is 43.9 Å². The first kappa shape index (κ1) is 21.7. The van der Waals surface area contributed by atoms with Crippen molar-refractivity contribution < 1.29 is 24.0 Å². The lowest BCUT2D eigenvalue weighted by Gasteiger charge is -2.60. The molecule has 0 radical (unpaired) electrons. The maximum Gasteiger partial charge on any atom is 0.219 e. The molecule has 1 spiro atoms. The third-order valence-corrected chi connectivity index (χ3v) is 9.00. The molecule has 1 N–H and O–H groups in total. The molecule has 0 aromatic heterocycles. The van der Waals surface area contributed by atoms with Crippen LogP contribution in [0.15, 0.2) is 0 Å². The number of amides is 1. The molecule has 0 aromatic rings. The van der Waals surface area contributed by atoms with E-state index in [0.29, 0.717) is 30.1 Å². The first-order chi connectivity index (χ1) is 13.5. The summed E-state index contributed by atoms with van der Waals surface area (Å²) in [4.78, 5) is 24.4. The molecule has 1 aliphatic carbocycles. The van der Waals surface area contributed by atoms with Crippen molar-refractivity contribution >= 4 is 14.0 Å². The van der Waals surface area contributed by atoms with Gasteiger partial charge >= 0.3 is 0 Å². The van der Waals surface area contributed by atoms with Gasteiger partial charge in [0, 0.05) is 24.9 Å². The van der Waals surface area contributed by atoms with Gasteiger partial charge in [-0.25, -0.2) is 9.78 Å². The quantitative estimate of drug-likeness (QED) is 0.532. The minimum Gasteiger partial charge on any atom is -0.359 e. The molecule has 29 heavy (non-hydrogen) atoms. The fourth-order valence-corrected chi connectivity index (χ4v) is 6.76. The highest BCUT2D eigenvalue weighted by molar-refractivity contribution is 6.76. The molecule has 166 valence electrons. The fraction of sp³-hybridized carbons (Fsp3) is 0.955. The summed E-state index contributed by atoms with van der Waals surface area (Å²) in [5.41, 5.74) is -0.510. The summed E-state index contributed by atoms with van der Waals surface area (Å²) in [7, 11) is -1.29. The molecule has 1 amide bonds. The Labute approximate surface area is 176 Å². The van der Waals surface area contributed by atoms with E-state index in [1.54, 1.807) is 0 Å². The maximum absolute atomic E-state index is 12.4. The van der Waals surface area contributed by atoms with Crippen molar-refractivity contribution in [3.8, 4) is 0 Å². The van der Waals surface area contributed by atoms with Crippen LogP contribution in [0.4, 0.5) is 0 Å². The smallest absolute Gasteiger partial charge is 0.219 e. The van der Waals surface area contributed by atoms with Crippen LogP contribution in [-0.2, 0) is 24.0 Å². The van der Waals surface area contributed by atoms with Gasteiger partial charge in [-0.05, 0) is 50.4 Å². The summed E-state index contributed by atoms with van der Waals surface area (Å²) in [6.07, 6.45) is 5.83. The number of carbonyl (C=O) groups is 1. The Morgan fingerprint density at radius 1 is 1.10 bits per heavy atom. The van der Waals surface area contributed by atoms with Gasteiger partial charge in [0.25, 0.3) is 0 Å². The van der Waals surface area contributed by atoms with Gasteiger partial charge < -0.3 is 14.8 Å². The zero-order valence-corrected chi connectivity index (χ0v) is 20.0. The van der Waals surface area contributed by atoms with Crippen molar-refractivity contribution in [1.82, 2.24) is 5.32 Å². The Balaban J connectivity index is 1.48. The lowest BCUT2D eigenvalue weighted by atomic mass is 9.57. The van der Waals surface area contributed by atoms with Crippen LogP contribution in [0.1, 0.15) is 59.3 Å². The van der Waals surface area contributed by atoms with E-state index < -0.39 is 25.8 Å². The minimum atomic E-state index is -1.29. The number of ether oxygens (including phenoxy) is 2. The zero-order chi connectivity index (χ0) is 21.0. The van der Waals surface area contributed by atoms with Crippen LogP contribution in [0, 0.1) is 23.7 Å². The minimum absolute atomic E-state index is 0.00821. The van der Waals surface area contributed by atoms with E-state index in [9.17, 15) is 4.79 Å². The average molecular weight is 426 g/mol. The largest absolute Gasteiger partial charge is 0.359 e. The highest BCUT2D eigenvalue weighted by atomic mass is 28.3. The molecule has 4 aliphatic heterocycles. The Hall–Kier alpha value is -0.473. The predicted molar refractivity (Wildman–Crippen MR) is 112 cm³/mol. The van der Waals surface area contributed by atoms with Gasteiger partial charge in [0.2, 0.25) is 11.7 Å². The topological polar surface area (TPSA) is 66.0 Å². The SMILES string of the molecule is C[C@H]1[C@@H](CCC(=O)NC[Si](C)(C)C)O[C@@H]2OC3(C)CC[C@H]4[C@H](C)CC[C@@H]1[C@@]24OO3. The van der Waals surface area contributed by atoms with Crippen molar-refractivity contribution in [3.05, 3.63) is 0 Å². The number of rotatable bonds is 5. The Morgan fingerprint density at radius 3 is 2.59 bits per heavy atom. The predicted octanol–water partition coefficient (Wildman–Crippen LogP) is 4.01. The van der Waals surface area contributed by atoms with Crippen molar-refractivity contribution in [2.24, 2.45) is 23.7 Å². The summed E-state index contributed by atoms with van der Waals surface area (Å²) in [6.45, 7) is 13.3. The molecule has 1 unspecified atom stereocenters. The van der Waals surface area contributed by atoms with E-state index >= 15 is 0 Å². The molecule has 5 aliphatic rings. The standard InChI is InChI=1S/C22H39NO5Si/c1-14-7-8-17-15(2)18(9-10-19(24)23-13-29(4,5)6)25-20-22(17)16(14)11-12-21(3,26-20)27-28-22/h14-18,20H,7-13H2,1-6H3,(H,23,24)/t14-,15-,16+,17+,18-,20-,21?,22-/m1/s1. The van der Waals surface area contributed by atoms with Crippen molar-refractivity contribution in [3.63, 3.8) is 0 Å².